The molecule has 7 nitrogen and oxygen atoms in total. The molecule has 0 bridgehead atoms. The van der Waals surface area contributed by atoms with Crippen molar-refractivity contribution in [3.05, 3.63) is 38.3 Å². The number of rotatable bonds is 3. The van der Waals surface area contributed by atoms with E-state index in [0.717, 1.165) is 18.9 Å². The van der Waals surface area contributed by atoms with Crippen molar-refractivity contribution < 1.29 is 8.78 Å². The Labute approximate surface area is 147 Å². The lowest BCUT2D eigenvalue weighted by atomic mass is 10.1. The Hall–Kier alpha value is -2.42. The van der Waals surface area contributed by atoms with E-state index in [1.807, 2.05) is 0 Å². The highest BCUT2D eigenvalue weighted by atomic mass is 19.1. The van der Waals surface area contributed by atoms with Crippen LogP contribution in [-0.2, 0) is 0 Å². The molecule has 0 unspecified atom stereocenters. The maximum atomic E-state index is 14.9. The van der Waals surface area contributed by atoms with Crippen molar-refractivity contribution in [2.75, 3.05) is 30.4 Å². The summed E-state index contributed by atoms with van der Waals surface area (Å²) >= 11 is 0. The second-order valence-corrected chi connectivity index (χ2v) is 7.20. The van der Waals surface area contributed by atoms with Gasteiger partial charge >= 0.3 is 5.69 Å². The van der Waals surface area contributed by atoms with Crippen molar-refractivity contribution in [2.45, 2.75) is 32.0 Å². The van der Waals surface area contributed by atoms with Gasteiger partial charge < -0.3 is 16.5 Å². The topological polar surface area (TPSA) is 99.3 Å². The lowest BCUT2D eigenvalue weighted by Gasteiger charge is -2.24. The van der Waals surface area contributed by atoms with Crippen molar-refractivity contribution in [3.63, 3.8) is 0 Å². The summed E-state index contributed by atoms with van der Waals surface area (Å²) < 4.78 is 31.0. The highest BCUT2D eigenvalue weighted by Crippen LogP contribution is 2.39. The van der Waals surface area contributed by atoms with E-state index in [4.69, 9.17) is 11.6 Å². The van der Waals surface area contributed by atoms with Crippen molar-refractivity contribution >= 4 is 16.6 Å². The number of anilines is 1. The van der Waals surface area contributed by atoms with Crippen LogP contribution in [0.4, 0.5) is 14.5 Å². The summed E-state index contributed by atoms with van der Waals surface area (Å²) in [5.41, 5.74) is 5.30. The van der Waals surface area contributed by atoms with E-state index >= 15 is 0 Å². The number of aryl methyl sites for hydroxylation is 1. The van der Waals surface area contributed by atoms with Gasteiger partial charge in [0.05, 0.1) is 16.6 Å². The first-order valence-electron chi connectivity index (χ1n) is 8.69. The van der Waals surface area contributed by atoms with Gasteiger partial charge in [-0.25, -0.2) is 13.6 Å². The molecule has 0 radical (unpaired) electrons. The number of hydrogen-bond acceptors (Lipinski definition) is 5. The van der Waals surface area contributed by atoms with Crippen LogP contribution in [0.1, 0.15) is 24.4 Å². The average Bonchev–Trinajstić information content (AvgIpc) is 3.37. The van der Waals surface area contributed by atoms with Crippen LogP contribution in [0.15, 0.2) is 15.7 Å². The second kappa shape index (κ2) is 5.80. The summed E-state index contributed by atoms with van der Waals surface area (Å²) in [6.07, 6.45) is 0.451. The SMILES string of the molecule is Cc1c(N2C[C@H](CN)[C@@H](F)C2)c(F)cc2c(=O)n(N)c(=O)n(C3CC3)c12. The van der Waals surface area contributed by atoms with E-state index in [9.17, 15) is 18.4 Å². The first kappa shape index (κ1) is 17.0. The van der Waals surface area contributed by atoms with Gasteiger partial charge in [-0.2, -0.15) is 4.68 Å². The Morgan fingerprint density at radius 3 is 2.54 bits per heavy atom. The molecule has 1 aromatic carbocycles. The lowest BCUT2D eigenvalue weighted by Crippen LogP contribution is -2.44. The molecule has 2 fully saturated rings. The zero-order valence-electron chi connectivity index (χ0n) is 14.4. The first-order valence-corrected chi connectivity index (χ1v) is 8.69. The maximum absolute atomic E-state index is 14.9. The van der Waals surface area contributed by atoms with Crippen LogP contribution < -0.4 is 27.7 Å². The fraction of sp³-hybridized carbons (Fsp3) is 0.529. The molecule has 140 valence electrons. The molecule has 4 rings (SSSR count). The van der Waals surface area contributed by atoms with Crippen LogP contribution in [0.25, 0.3) is 10.9 Å². The zero-order valence-corrected chi connectivity index (χ0v) is 14.4. The zero-order chi connectivity index (χ0) is 18.7. The van der Waals surface area contributed by atoms with Crippen LogP contribution in [0.5, 0.6) is 0 Å². The van der Waals surface area contributed by atoms with E-state index in [1.54, 1.807) is 11.8 Å². The highest BCUT2D eigenvalue weighted by Gasteiger charge is 2.35. The minimum Gasteiger partial charge on any atom is -0.366 e. The van der Waals surface area contributed by atoms with Crippen molar-refractivity contribution in [1.29, 1.82) is 0 Å². The summed E-state index contributed by atoms with van der Waals surface area (Å²) in [4.78, 5) is 26.5. The normalized spacial score (nSPS) is 23.2. The summed E-state index contributed by atoms with van der Waals surface area (Å²) in [6.45, 7) is 2.16. The van der Waals surface area contributed by atoms with Crippen molar-refractivity contribution in [2.24, 2.45) is 11.7 Å². The molecule has 1 aromatic heterocycles. The summed E-state index contributed by atoms with van der Waals surface area (Å²) in [6, 6.07) is 1.05. The molecule has 2 aromatic rings. The molecule has 0 spiro atoms. The van der Waals surface area contributed by atoms with E-state index in [2.05, 4.69) is 0 Å². The fourth-order valence-electron chi connectivity index (χ4n) is 3.95. The number of halogens is 2. The van der Waals surface area contributed by atoms with Crippen LogP contribution in [0, 0.1) is 18.7 Å². The van der Waals surface area contributed by atoms with Gasteiger partial charge in [0.2, 0.25) is 0 Å². The number of benzene rings is 1. The van der Waals surface area contributed by atoms with E-state index < -0.39 is 23.2 Å². The molecular formula is C17H21F2N5O2. The molecule has 1 saturated heterocycles. The molecule has 2 heterocycles. The van der Waals surface area contributed by atoms with Gasteiger partial charge in [-0.1, -0.05) is 0 Å². The Balaban J connectivity index is 2.00. The van der Waals surface area contributed by atoms with Crippen LogP contribution in [0.3, 0.4) is 0 Å². The number of hydrogen-bond donors (Lipinski definition) is 2. The molecular weight excluding hydrogens is 344 g/mol. The monoisotopic (exact) mass is 365 g/mol. The van der Waals surface area contributed by atoms with Crippen LogP contribution in [-0.4, -0.2) is 35.0 Å². The number of alkyl halides is 1. The molecule has 26 heavy (non-hydrogen) atoms. The first-order chi connectivity index (χ1) is 12.3. The highest BCUT2D eigenvalue weighted by molar-refractivity contribution is 5.87. The summed E-state index contributed by atoms with van der Waals surface area (Å²) in [5.74, 6) is 4.61. The van der Waals surface area contributed by atoms with Gasteiger partial charge in [0, 0.05) is 30.6 Å². The number of aromatic nitrogens is 2. The van der Waals surface area contributed by atoms with Gasteiger partial charge in [-0.3, -0.25) is 9.36 Å². The minimum absolute atomic E-state index is 0.0345. The molecule has 2 atom stereocenters. The number of fused-ring (bicyclic) bond motifs is 1. The Bertz CT molecular complexity index is 1010. The third-order valence-corrected chi connectivity index (χ3v) is 5.46. The number of nitrogens with two attached hydrogens (primary N) is 2. The lowest BCUT2D eigenvalue weighted by molar-refractivity contribution is 0.289. The molecule has 9 heteroatoms. The second-order valence-electron chi connectivity index (χ2n) is 7.20. The van der Waals surface area contributed by atoms with Crippen molar-refractivity contribution in [3.8, 4) is 0 Å². The molecule has 1 aliphatic carbocycles. The predicted molar refractivity (Wildman–Crippen MR) is 95.2 cm³/mol. The largest absolute Gasteiger partial charge is 0.366 e. The maximum Gasteiger partial charge on any atom is 0.350 e. The summed E-state index contributed by atoms with van der Waals surface area (Å²) in [7, 11) is 0. The number of nitrogens with zero attached hydrogens (tertiary/aromatic N) is 3. The third kappa shape index (κ3) is 2.33. The van der Waals surface area contributed by atoms with Gasteiger partial charge in [-0.15, -0.1) is 0 Å². The van der Waals surface area contributed by atoms with Gasteiger partial charge in [-0.05, 0) is 32.4 Å². The van der Waals surface area contributed by atoms with E-state index in [-0.39, 0.29) is 36.1 Å². The number of nitrogen functional groups attached to an aromatic ring is 1. The fourth-order valence-corrected chi connectivity index (χ4v) is 3.95. The van der Waals surface area contributed by atoms with Gasteiger partial charge in [0.15, 0.2) is 0 Å². The van der Waals surface area contributed by atoms with Crippen molar-refractivity contribution in [1.82, 2.24) is 9.24 Å². The minimum atomic E-state index is -1.14. The molecule has 2 aliphatic rings. The Morgan fingerprint density at radius 2 is 1.96 bits per heavy atom. The third-order valence-electron chi connectivity index (χ3n) is 5.46. The van der Waals surface area contributed by atoms with Gasteiger partial charge in [0.25, 0.3) is 5.56 Å². The van der Waals surface area contributed by atoms with E-state index in [1.165, 1.54) is 4.57 Å². The Kier molecular flexibility index (Phi) is 3.80. The smallest absolute Gasteiger partial charge is 0.350 e. The van der Waals surface area contributed by atoms with E-state index in [0.29, 0.717) is 22.3 Å². The standard InChI is InChI=1S/C17H21F2N5O2/c1-8-14-11(16(25)24(21)17(26)23(14)10-2-3-10)4-12(18)15(8)22-6-9(5-20)13(19)7-22/h4,9-10,13H,2-3,5-7,20-21H2,1H3/t9-,13-/m0/s1. The molecule has 4 N–H and O–H groups in total. The average molecular weight is 365 g/mol. The molecule has 1 saturated carbocycles. The quantitative estimate of drug-likeness (QED) is 0.767. The summed E-state index contributed by atoms with van der Waals surface area (Å²) in [5, 5.41) is 0.0594. The molecule has 1 aliphatic heterocycles. The predicted octanol–water partition coefficient (Wildman–Crippen LogP) is 0.392. The van der Waals surface area contributed by atoms with Gasteiger partial charge in [0.1, 0.15) is 12.0 Å². The van der Waals surface area contributed by atoms with Crippen LogP contribution >= 0.6 is 0 Å². The Morgan fingerprint density at radius 1 is 1.27 bits per heavy atom. The van der Waals surface area contributed by atoms with Crippen LogP contribution in [0.2, 0.25) is 0 Å². The molecule has 0 amide bonds.